The van der Waals surface area contributed by atoms with Crippen molar-refractivity contribution in [2.45, 2.75) is 53.0 Å². The van der Waals surface area contributed by atoms with Gasteiger partial charge in [-0.3, -0.25) is 0 Å². The normalized spacial score (nSPS) is 17.0. The summed E-state index contributed by atoms with van der Waals surface area (Å²) in [7, 11) is 0. The molecule has 0 spiro atoms. The maximum Gasteiger partial charge on any atom is 0.341 e. The number of fused-ring (bicyclic) bond motifs is 1. The smallest absolute Gasteiger partial charge is 0.341 e. The third kappa shape index (κ3) is 3.98. The lowest BCUT2D eigenvalue weighted by Gasteiger charge is -2.18. The number of thiophene rings is 1. The molecule has 2 N–H and O–H groups in total. The number of carbonyl (C=O) groups excluding carboxylic acids is 1. The largest absolute Gasteiger partial charge is 0.462 e. The summed E-state index contributed by atoms with van der Waals surface area (Å²) in [5, 5.41) is 7.71. The summed E-state index contributed by atoms with van der Waals surface area (Å²) in [5.41, 5.74) is 1.83. The lowest BCUT2D eigenvalue weighted by molar-refractivity contribution is 0.0526. The van der Waals surface area contributed by atoms with Crippen LogP contribution in [0.25, 0.3) is 0 Å². The molecule has 0 bridgehead atoms. The first-order valence-electron chi connectivity index (χ1n) is 7.81. The zero-order chi connectivity index (χ0) is 16.3. The summed E-state index contributed by atoms with van der Waals surface area (Å²) in [4.78, 5) is 13.7. The Kier molecular flexibility index (Phi) is 5.81. The predicted molar refractivity (Wildman–Crippen MR) is 96.0 cm³/mol. The van der Waals surface area contributed by atoms with E-state index in [2.05, 4.69) is 17.6 Å². The van der Waals surface area contributed by atoms with Crippen LogP contribution in [0.15, 0.2) is 0 Å². The third-order valence-corrected chi connectivity index (χ3v) is 5.03. The van der Waals surface area contributed by atoms with Crippen molar-refractivity contribution in [3.05, 3.63) is 16.0 Å². The molecule has 22 heavy (non-hydrogen) atoms. The van der Waals surface area contributed by atoms with Gasteiger partial charge in [0.05, 0.1) is 12.2 Å². The molecule has 1 aromatic heterocycles. The molecule has 1 atom stereocenters. The predicted octanol–water partition coefficient (Wildman–Crippen LogP) is 3.74. The highest BCUT2D eigenvalue weighted by Gasteiger charge is 2.28. The molecule has 0 aliphatic heterocycles. The molecule has 6 heteroatoms. The SMILES string of the molecule is CCOC(=O)c1c(NC(=S)NC(C)C)sc2c1CCC(C)C2. The van der Waals surface area contributed by atoms with Gasteiger partial charge in [-0.25, -0.2) is 4.79 Å². The van der Waals surface area contributed by atoms with Gasteiger partial charge in [-0.15, -0.1) is 11.3 Å². The Morgan fingerprint density at radius 2 is 2.23 bits per heavy atom. The first kappa shape index (κ1) is 17.2. The summed E-state index contributed by atoms with van der Waals surface area (Å²) < 4.78 is 5.25. The summed E-state index contributed by atoms with van der Waals surface area (Å²) in [6, 6.07) is 0.251. The van der Waals surface area contributed by atoms with Crippen molar-refractivity contribution in [3.63, 3.8) is 0 Å². The van der Waals surface area contributed by atoms with E-state index in [4.69, 9.17) is 17.0 Å². The Hall–Kier alpha value is -1.14. The molecule has 1 aliphatic rings. The van der Waals surface area contributed by atoms with Gasteiger partial charge in [0.15, 0.2) is 5.11 Å². The summed E-state index contributed by atoms with van der Waals surface area (Å²) in [6.07, 6.45) is 3.08. The highest BCUT2D eigenvalue weighted by Crippen LogP contribution is 2.40. The Morgan fingerprint density at radius 3 is 2.86 bits per heavy atom. The van der Waals surface area contributed by atoms with Gasteiger partial charge in [0, 0.05) is 10.9 Å². The molecule has 0 amide bonds. The summed E-state index contributed by atoms with van der Waals surface area (Å²) in [6.45, 7) is 8.53. The van der Waals surface area contributed by atoms with Gasteiger partial charge in [-0.2, -0.15) is 0 Å². The van der Waals surface area contributed by atoms with Crippen LogP contribution < -0.4 is 10.6 Å². The van der Waals surface area contributed by atoms with Crippen LogP contribution >= 0.6 is 23.6 Å². The van der Waals surface area contributed by atoms with Crippen LogP contribution in [0.2, 0.25) is 0 Å². The van der Waals surface area contributed by atoms with Gasteiger partial charge >= 0.3 is 5.97 Å². The molecule has 122 valence electrons. The van der Waals surface area contributed by atoms with E-state index in [1.807, 2.05) is 20.8 Å². The Bertz CT molecular complexity index is 567. The van der Waals surface area contributed by atoms with Gasteiger partial charge in [-0.1, -0.05) is 6.92 Å². The molecule has 0 aromatic carbocycles. The first-order chi connectivity index (χ1) is 10.4. The van der Waals surface area contributed by atoms with Crippen LogP contribution in [0.5, 0.6) is 0 Å². The summed E-state index contributed by atoms with van der Waals surface area (Å²) in [5.74, 6) is 0.416. The van der Waals surface area contributed by atoms with Crippen LogP contribution in [0, 0.1) is 5.92 Å². The number of thiocarbonyl (C=S) groups is 1. The average molecular weight is 341 g/mol. The second-order valence-corrected chi connectivity index (χ2v) is 7.54. The fourth-order valence-electron chi connectivity index (χ4n) is 2.66. The average Bonchev–Trinajstić information content (AvgIpc) is 2.74. The topological polar surface area (TPSA) is 50.4 Å². The van der Waals surface area contributed by atoms with Gasteiger partial charge in [0.2, 0.25) is 0 Å². The van der Waals surface area contributed by atoms with Gasteiger partial charge in [-0.05, 0) is 63.7 Å². The fraction of sp³-hybridized carbons (Fsp3) is 0.625. The van der Waals surface area contributed by atoms with E-state index in [1.165, 1.54) is 4.88 Å². The number of carbonyl (C=O) groups is 1. The van der Waals surface area contributed by atoms with Gasteiger partial charge < -0.3 is 15.4 Å². The van der Waals surface area contributed by atoms with Crippen molar-refractivity contribution in [1.29, 1.82) is 0 Å². The van der Waals surface area contributed by atoms with Crippen LogP contribution in [0.4, 0.5) is 5.00 Å². The quantitative estimate of drug-likeness (QED) is 0.646. The van der Waals surface area contributed by atoms with Crippen LogP contribution in [-0.2, 0) is 17.6 Å². The van der Waals surface area contributed by atoms with E-state index in [9.17, 15) is 4.79 Å². The monoisotopic (exact) mass is 340 g/mol. The molecular weight excluding hydrogens is 316 g/mol. The number of anilines is 1. The van der Waals surface area contributed by atoms with Crippen molar-refractivity contribution in [2.24, 2.45) is 5.92 Å². The zero-order valence-electron chi connectivity index (χ0n) is 13.6. The lowest BCUT2D eigenvalue weighted by Crippen LogP contribution is -2.34. The van der Waals surface area contributed by atoms with Crippen molar-refractivity contribution >= 4 is 39.6 Å². The van der Waals surface area contributed by atoms with Crippen molar-refractivity contribution in [3.8, 4) is 0 Å². The minimum Gasteiger partial charge on any atom is -0.462 e. The molecule has 0 saturated heterocycles. The van der Waals surface area contributed by atoms with E-state index in [-0.39, 0.29) is 12.0 Å². The molecule has 1 heterocycles. The lowest BCUT2D eigenvalue weighted by atomic mass is 9.88. The Morgan fingerprint density at radius 1 is 1.50 bits per heavy atom. The molecule has 2 rings (SSSR count). The van der Waals surface area contributed by atoms with Crippen molar-refractivity contribution in [1.82, 2.24) is 5.32 Å². The number of ether oxygens (including phenoxy) is 1. The van der Waals surface area contributed by atoms with Crippen LogP contribution in [-0.4, -0.2) is 23.7 Å². The highest BCUT2D eigenvalue weighted by atomic mass is 32.1. The molecular formula is C16H24N2O2S2. The van der Waals surface area contributed by atoms with Crippen molar-refractivity contribution in [2.75, 3.05) is 11.9 Å². The number of hydrogen-bond donors (Lipinski definition) is 2. The zero-order valence-corrected chi connectivity index (χ0v) is 15.2. The third-order valence-electron chi connectivity index (χ3n) is 3.64. The molecule has 1 aliphatic carbocycles. The molecule has 0 fully saturated rings. The number of esters is 1. The first-order valence-corrected chi connectivity index (χ1v) is 9.04. The number of nitrogens with one attached hydrogen (secondary N) is 2. The molecule has 0 saturated carbocycles. The fourth-order valence-corrected chi connectivity index (χ4v) is 4.47. The minimum atomic E-state index is -0.246. The number of rotatable bonds is 4. The van der Waals surface area contributed by atoms with Gasteiger partial charge in [0.25, 0.3) is 0 Å². The second kappa shape index (κ2) is 7.42. The second-order valence-electron chi connectivity index (χ2n) is 6.03. The molecule has 0 radical (unpaired) electrons. The Labute approximate surface area is 141 Å². The van der Waals surface area contributed by atoms with E-state index < -0.39 is 0 Å². The minimum absolute atomic E-state index is 0.246. The summed E-state index contributed by atoms with van der Waals surface area (Å²) >= 11 is 6.96. The maximum absolute atomic E-state index is 12.4. The Balaban J connectivity index is 2.31. The maximum atomic E-state index is 12.4. The van der Waals surface area contributed by atoms with Crippen LogP contribution in [0.3, 0.4) is 0 Å². The highest BCUT2D eigenvalue weighted by molar-refractivity contribution is 7.80. The van der Waals surface area contributed by atoms with Crippen molar-refractivity contribution < 1.29 is 9.53 Å². The van der Waals surface area contributed by atoms with E-state index in [0.717, 1.165) is 29.8 Å². The number of hydrogen-bond acceptors (Lipinski definition) is 4. The van der Waals surface area contributed by atoms with Gasteiger partial charge in [0.1, 0.15) is 5.00 Å². The van der Waals surface area contributed by atoms with Crippen LogP contribution in [0.1, 0.15) is 54.9 Å². The van der Waals surface area contributed by atoms with E-state index in [0.29, 0.717) is 23.2 Å². The molecule has 1 aromatic rings. The van der Waals surface area contributed by atoms with E-state index in [1.54, 1.807) is 11.3 Å². The molecule has 1 unspecified atom stereocenters. The standard InChI is InChI=1S/C16H24N2O2S2/c1-5-20-15(19)13-11-7-6-10(4)8-12(11)22-14(13)18-16(21)17-9(2)3/h9-10H,5-8H2,1-4H3,(H2,17,18,21). The van der Waals surface area contributed by atoms with E-state index >= 15 is 0 Å². The molecule has 4 nitrogen and oxygen atoms in total.